The fourth-order valence-corrected chi connectivity index (χ4v) is 3.47. The molecule has 0 aliphatic carbocycles. The Bertz CT molecular complexity index is 673. The van der Waals surface area contributed by atoms with Crippen molar-refractivity contribution in [1.82, 2.24) is 20.3 Å². The zero-order chi connectivity index (χ0) is 13.4. The van der Waals surface area contributed by atoms with Crippen LogP contribution in [-0.4, -0.2) is 28.0 Å². The maximum atomic E-state index is 4.65. The van der Waals surface area contributed by atoms with Crippen molar-refractivity contribution < 1.29 is 0 Å². The number of aromatic nitrogens is 3. The van der Waals surface area contributed by atoms with Crippen molar-refractivity contribution in [2.75, 3.05) is 13.1 Å². The lowest BCUT2D eigenvalue weighted by Crippen LogP contribution is -2.27. The number of hydrogen-bond acceptors (Lipinski definition) is 4. The van der Waals surface area contributed by atoms with E-state index in [2.05, 4.69) is 43.8 Å². The molecule has 0 bridgehead atoms. The Hall–Kier alpha value is -1.43. The summed E-state index contributed by atoms with van der Waals surface area (Å²) >= 11 is 1.72. The Morgan fingerprint density at radius 1 is 1.19 bits per heavy atom. The summed E-state index contributed by atoms with van der Waals surface area (Å²) in [5, 5.41) is 5.47. The van der Waals surface area contributed by atoms with E-state index < -0.39 is 0 Å². The summed E-state index contributed by atoms with van der Waals surface area (Å²) in [6.07, 6.45) is 4.21. The van der Waals surface area contributed by atoms with Gasteiger partial charge in [0.25, 0.3) is 0 Å². The monoisotopic (exact) mass is 320 g/mol. The highest BCUT2D eigenvalue weighted by molar-refractivity contribution is 7.13. The number of rotatable bonds is 2. The number of aromatic amines is 1. The van der Waals surface area contributed by atoms with Gasteiger partial charge < -0.3 is 10.3 Å². The lowest BCUT2D eigenvalue weighted by Gasteiger charge is -2.22. The minimum Gasteiger partial charge on any atom is -0.342 e. The van der Waals surface area contributed by atoms with Gasteiger partial charge in [-0.2, -0.15) is 0 Å². The van der Waals surface area contributed by atoms with E-state index in [1.54, 1.807) is 11.3 Å². The molecule has 1 aromatic heterocycles. The molecule has 4 heterocycles. The molecule has 1 aromatic rings. The van der Waals surface area contributed by atoms with Gasteiger partial charge in [0, 0.05) is 5.92 Å². The van der Waals surface area contributed by atoms with Crippen molar-refractivity contribution in [1.29, 1.82) is 0 Å². The van der Waals surface area contributed by atoms with Gasteiger partial charge in [-0.25, -0.2) is 9.97 Å². The average molecular weight is 321 g/mol. The van der Waals surface area contributed by atoms with Gasteiger partial charge in [-0.1, -0.05) is 6.07 Å². The highest BCUT2D eigenvalue weighted by Crippen LogP contribution is 2.31. The summed E-state index contributed by atoms with van der Waals surface area (Å²) in [5.74, 6) is 1.64. The zero-order valence-electron chi connectivity index (χ0n) is 11.5. The molecule has 4 rings (SSSR count). The molecule has 3 aliphatic heterocycles. The lowest BCUT2D eigenvalue weighted by molar-refractivity contribution is 0.445. The predicted octanol–water partition coefficient (Wildman–Crippen LogP) is 3.53. The first-order valence-electron chi connectivity index (χ1n) is 7.00. The van der Waals surface area contributed by atoms with Crippen LogP contribution in [0.15, 0.2) is 29.8 Å². The summed E-state index contributed by atoms with van der Waals surface area (Å²) in [5.41, 5.74) is 3.08. The van der Waals surface area contributed by atoms with Gasteiger partial charge in [0.1, 0.15) is 11.5 Å². The van der Waals surface area contributed by atoms with E-state index in [9.17, 15) is 0 Å². The minimum absolute atomic E-state index is 0. The van der Waals surface area contributed by atoms with Crippen molar-refractivity contribution >= 4 is 23.7 Å². The molecule has 0 unspecified atom stereocenters. The van der Waals surface area contributed by atoms with Crippen LogP contribution in [0.25, 0.3) is 22.0 Å². The molecule has 0 amide bonds. The molecule has 4 nitrogen and oxygen atoms in total. The smallest absolute Gasteiger partial charge is 0.109 e. The van der Waals surface area contributed by atoms with Gasteiger partial charge in [0.15, 0.2) is 0 Å². The van der Waals surface area contributed by atoms with Gasteiger partial charge >= 0.3 is 0 Å². The van der Waals surface area contributed by atoms with E-state index >= 15 is 0 Å². The van der Waals surface area contributed by atoms with Crippen LogP contribution in [0.5, 0.6) is 0 Å². The predicted molar refractivity (Wildman–Crippen MR) is 88.4 cm³/mol. The fraction of sp³-hybridized carbons (Fsp3) is 0.333. The van der Waals surface area contributed by atoms with Crippen LogP contribution in [0, 0.1) is 0 Å². The first kappa shape index (κ1) is 14.5. The van der Waals surface area contributed by atoms with E-state index in [0.29, 0.717) is 5.92 Å². The van der Waals surface area contributed by atoms with Crippen LogP contribution in [-0.2, 0) is 0 Å². The van der Waals surface area contributed by atoms with E-state index in [0.717, 1.165) is 48.8 Å². The number of nitrogens with zero attached hydrogens (tertiary/aromatic N) is 2. The summed E-state index contributed by atoms with van der Waals surface area (Å²) in [6.45, 7) is 2.16. The Balaban J connectivity index is 0.00000132. The van der Waals surface area contributed by atoms with Crippen molar-refractivity contribution in [3.8, 4) is 22.0 Å². The molecule has 0 spiro atoms. The lowest BCUT2D eigenvalue weighted by atomic mass is 9.97. The third kappa shape index (κ3) is 2.81. The topological polar surface area (TPSA) is 53.6 Å². The molecule has 0 radical (unpaired) electrons. The first-order chi connectivity index (χ1) is 9.90. The highest BCUT2D eigenvalue weighted by atomic mass is 35.5. The minimum atomic E-state index is 0. The highest BCUT2D eigenvalue weighted by Gasteiger charge is 2.19. The number of H-pyrrole nitrogens is 1. The van der Waals surface area contributed by atoms with Crippen molar-refractivity contribution in [3.63, 3.8) is 0 Å². The molecule has 21 heavy (non-hydrogen) atoms. The Morgan fingerprint density at radius 2 is 2.05 bits per heavy atom. The van der Waals surface area contributed by atoms with Crippen molar-refractivity contribution in [2.24, 2.45) is 0 Å². The van der Waals surface area contributed by atoms with E-state index in [1.807, 2.05) is 6.20 Å². The summed E-state index contributed by atoms with van der Waals surface area (Å²) < 4.78 is 0. The molecule has 110 valence electrons. The second kappa shape index (κ2) is 6.13. The Labute approximate surface area is 133 Å². The number of halogens is 1. The van der Waals surface area contributed by atoms with E-state index in [1.165, 1.54) is 4.88 Å². The van der Waals surface area contributed by atoms with Crippen LogP contribution < -0.4 is 5.32 Å². The van der Waals surface area contributed by atoms with Gasteiger partial charge in [0.2, 0.25) is 0 Å². The molecular weight excluding hydrogens is 304 g/mol. The largest absolute Gasteiger partial charge is 0.342 e. The van der Waals surface area contributed by atoms with Gasteiger partial charge in [0.05, 0.1) is 22.5 Å². The molecule has 6 heteroatoms. The Kier molecular flexibility index (Phi) is 4.24. The zero-order valence-corrected chi connectivity index (χ0v) is 13.1. The van der Waals surface area contributed by atoms with Gasteiger partial charge in [-0.15, -0.1) is 23.7 Å². The van der Waals surface area contributed by atoms with E-state index in [4.69, 9.17) is 0 Å². The number of hydrogen-bond donors (Lipinski definition) is 2. The van der Waals surface area contributed by atoms with E-state index in [-0.39, 0.29) is 12.4 Å². The van der Waals surface area contributed by atoms with Crippen LogP contribution in [0.1, 0.15) is 24.6 Å². The third-order valence-corrected chi connectivity index (χ3v) is 4.78. The molecular formula is C15H17ClN4S. The molecule has 0 aromatic carbocycles. The molecule has 1 saturated heterocycles. The van der Waals surface area contributed by atoms with Crippen LogP contribution in [0.4, 0.5) is 0 Å². The standard InChI is InChI=1S/C15H16N4S.ClH/c1-2-14(20-7-1)12-8-11-13(18-12)9-17-15(19-11)10-3-5-16-6-4-10;/h1-2,7-10,16H,3-6H2,(H,17,19);1H. The van der Waals surface area contributed by atoms with Gasteiger partial charge in [-0.3, -0.25) is 0 Å². The maximum Gasteiger partial charge on any atom is 0.109 e. The normalized spacial score (nSPS) is 16.0. The Morgan fingerprint density at radius 3 is 2.81 bits per heavy atom. The number of piperidine rings is 1. The molecule has 0 atom stereocenters. The van der Waals surface area contributed by atoms with Gasteiger partial charge in [-0.05, 0) is 43.4 Å². The summed E-state index contributed by atoms with van der Waals surface area (Å²) in [4.78, 5) is 13.9. The van der Waals surface area contributed by atoms with Crippen molar-refractivity contribution in [2.45, 2.75) is 18.8 Å². The fourth-order valence-electron chi connectivity index (χ4n) is 2.79. The summed E-state index contributed by atoms with van der Waals surface area (Å²) in [6, 6.07) is 6.29. The number of thiophene rings is 1. The second-order valence-corrected chi connectivity index (χ2v) is 6.16. The molecule has 3 aliphatic rings. The quantitative estimate of drug-likeness (QED) is 0.759. The first-order valence-corrected chi connectivity index (χ1v) is 7.88. The maximum absolute atomic E-state index is 4.65. The second-order valence-electron chi connectivity index (χ2n) is 5.21. The van der Waals surface area contributed by atoms with Crippen molar-refractivity contribution in [3.05, 3.63) is 35.6 Å². The average Bonchev–Trinajstić information content (AvgIpc) is 3.16. The third-order valence-electron chi connectivity index (χ3n) is 3.89. The number of nitrogens with one attached hydrogen (secondary N) is 2. The van der Waals surface area contributed by atoms with Crippen LogP contribution >= 0.6 is 23.7 Å². The SMILES string of the molecule is Cl.c1csc(-c2cc3[nH]c(C4CCNCC4)ncc-3n2)c1. The summed E-state index contributed by atoms with van der Waals surface area (Å²) in [7, 11) is 0. The molecule has 1 fully saturated rings. The number of fused-ring (bicyclic) bond motifs is 1. The molecule has 0 saturated carbocycles. The molecule has 2 N–H and O–H groups in total. The van der Waals surface area contributed by atoms with Crippen LogP contribution in [0.2, 0.25) is 0 Å². The van der Waals surface area contributed by atoms with Crippen LogP contribution in [0.3, 0.4) is 0 Å².